The highest BCUT2D eigenvalue weighted by Gasteiger charge is 2.49. The van der Waals surface area contributed by atoms with Crippen molar-refractivity contribution in [3.63, 3.8) is 0 Å². The Morgan fingerprint density at radius 3 is 2.24 bits per heavy atom. The summed E-state index contributed by atoms with van der Waals surface area (Å²) in [5, 5.41) is 4.54. The van der Waals surface area contributed by atoms with Crippen molar-refractivity contribution >= 4 is 23.4 Å². The van der Waals surface area contributed by atoms with Gasteiger partial charge in [0, 0.05) is 11.6 Å². The number of aliphatic imine (C=N–C) groups is 1. The van der Waals surface area contributed by atoms with Gasteiger partial charge in [0.05, 0.1) is 30.0 Å². The maximum absolute atomic E-state index is 13.6. The van der Waals surface area contributed by atoms with Gasteiger partial charge in [-0.05, 0) is 37.3 Å². The molecule has 0 aliphatic carbocycles. The molecule has 2 aliphatic rings. The largest absolute Gasteiger partial charge is 0.497 e. The standard InChI is InChI=1S/C20H13F6N5O2/c1-9-16-12(19(21,22)23)7-15(32)29-17(16)31(30-9)18-27-13(8-14(28-18)20(24,25)26)10-3-5-11(33-2)6-4-10/h3-8,16H,1-2H3. The number of aromatic nitrogens is 2. The van der Waals surface area contributed by atoms with Crippen LogP contribution in [0.25, 0.3) is 11.3 Å². The number of methoxy groups -OCH3 is 1. The predicted molar refractivity (Wildman–Crippen MR) is 105 cm³/mol. The van der Waals surface area contributed by atoms with Crippen LogP contribution in [0.3, 0.4) is 0 Å². The number of amidine groups is 1. The summed E-state index contributed by atoms with van der Waals surface area (Å²) in [7, 11) is 1.42. The van der Waals surface area contributed by atoms with Gasteiger partial charge in [-0.15, -0.1) is 0 Å². The van der Waals surface area contributed by atoms with Gasteiger partial charge in [0.25, 0.3) is 11.9 Å². The number of nitrogens with zero attached hydrogens (tertiary/aromatic N) is 5. The normalized spacial score (nSPS) is 18.5. The van der Waals surface area contributed by atoms with E-state index in [1.807, 2.05) is 0 Å². The molecular formula is C20H13F6N5O2. The van der Waals surface area contributed by atoms with Crippen LogP contribution in [0.4, 0.5) is 32.3 Å². The number of carbonyl (C=O) groups excluding carboxylic acids is 1. The van der Waals surface area contributed by atoms with Crippen molar-refractivity contribution in [3.05, 3.63) is 47.7 Å². The monoisotopic (exact) mass is 469 g/mol. The van der Waals surface area contributed by atoms with Gasteiger partial charge in [-0.25, -0.2) is 9.97 Å². The number of carbonyl (C=O) groups is 1. The highest BCUT2D eigenvalue weighted by atomic mass is 19.4. The molecule has 2 aromatic rings. The van der Waals surface area contributed by atoms with Gasteiger partial charge in [0.1, 0.15) is 5.75 Å². The summed E-state index contributed by atoms with van der Waals surface area (Å²) >= 11 is 0. The van der Waals surface area contributed by atoms with Crippen molar-refractivity contribution < 1.29 is 35.9 Å². The fourth-order valence-electron chi connectivity index (χ4n) is 3.39. The molecule has 0 spiro atoms. The maximum Gasteiger partial charge on any atom is 0.433 e. The minimum Gasteiger partial charge on any atom is -0.497 e. The zero-order chi connectivity index (χ0) is 24.1. The first-order valence-corrected chi connectivity index (χ1v) is 9.25. The molecule has 0 radical (unpaired) electrons. The molecule has 3 heterocycles. The first-order chi connectivity index (χ1) is 15.4. The second kappa shape index (κ2) is 7.67. The minimum absolute atomic E-state index is 0.128. The fourth-order valence-corrected chi connectivity index (χ4v) is 3.39. The van der Waals surface area contributed by atoms with Crippen molar-refractivity contribution in [1.82, 2.24) is 9.97 Å². The molecule has 7 nitrogen and oxygen atoms in total. The Balaban J connectivity index is 1.84. The molecule has 0 fully saturated rings. The number of benzene rings is 1. The predicted octanol–water partition coefficient (Wildman–Crippen LogP) is 4.41. The van der Waals surface area contributed by atoms with Gasteiger partial charge in [-0.1, -0.05) is 0 Å². The summed E-state index contributed by atoms with van der Waals surface area (Å²) in [4.78, 5) is 22.9. The van der Waals surface area contributed by atoms with E-state index in [2.05, 4.69) is 20.1 Å². The lowest BCUT2D eigenvalue weighted by Crippen LogP contribution is -2.37. The van der Waals surface area contributed by atoms with Gasteiger partial charge < -0.3 is 4.74 Å². The summed E-state index contributed by atoms with van der Waals surface area (Å²) in [6.45, 7) is 1.24. The Hall–Kier alpha value is -3.77. The van der Waals surface area contributed by atoms with Crippen LogP contribution in [0.2, 0.25) is 0 Å². The molecule has 13 heteroatoms. The fraction of sp³-hybridized carbons (Fsp3) is 0.250. The van der Waals surface area contributed by atoms with Crippen molar-refractivity contribution in [3.8, 4) is 17.0 Å². The number of hydrazone groups is 1. The zero-order valence-electron chi connectivity index (χ0n) is 16.9. The second-order valence-electron chi connectivity index (χ2n) is 7.06. The average Bonchev–Trinajstić information content (AvgIpc) is 3.07. The SMILES string of the molecule is COc1ccc(-c2cc(C(F)(F)F)nc(N3N=C(C)C4C(C(F)(F)F)=CC(=O)N=C43)n2)cc1. The first-order valence-electron chi connectivity index (χ1n) is 9.25. The summed E-state index contributed by atoms with van der Waals surface area (Å²) in [5.41, 5.74) is -2.59. The number of hydrogen-bond acceptors (Lipinski definition) is 6. The summed E-state index contributed by atoms with van der Waals surface area (Å²) in [6, 6.07) is 6.62. The van der Waals surface area contributed by atoms with Gasteiger partial charge in [-0.2, -0.15) is 41.4 Å². The Morgan fingerprint density at radius 2 is 1.67 bits per heavy atom. The zero-order valence-corrected chi connectivity index (χ0v) is 16.9. The molecular weight excluding hydrogens is 456 g/mol. The number of fused-ring (bicyclic) bond motifs is 1. The number of halogens is 6. The topological polar surface area (TPSA) is 80.0 Å². The van der Waals surface area contributed by atoms with Crippen LogP contribution in [0.1, 0.15) is 12.6 Å². The van der Waals surface area contributed by atoms with Crippen LogP contribution in [-0.2, 0) is 11.0 Å². The van der Waals surface area contributed by atoms with E-state index >= 15 is 0 Å². The van der Waals surface area contributed by atoms with Crippen LogP contribution in [-0.4, -0.2) is 40.7 Å². The Bertz CT molecular complexity index is 1210. The summed E-state index contributed by atoms with van der Waals surface area (Å²) in [6.07, 6.45) is -9.43. The minimum atomic E-state index is -4.89. The Kier molecular flexibility index (Phi) is 5.21. The Morgan fingerprint density at radius 1 is 1.00 bits per heavy atom. The van der Waals surface area contributed by atoms with Gasteiger partial charge in [-0.3, -0.25) is 4.79 Å². The van der Waals surface area contributed by atoms with Crippen molar-refractivity contribution in [2.24, 2.45) is 16.0 Å². The molecule has 1 aromatic carbocycles. The molecule has 2 aliphatic heterocycles. The molecule has 1 aromatic heterocycles. The van der Waals surface area contributed by atoms with E-state index in [-0.39, 0.29) is 17.0 Å². The van der Waals surface area contributed by atoms with Crippen LogP contribution in [0.15, 0.2) is 52.1 Å². The summed E-state index contributed by atoms with van der Waals surface area (Å²) in [5.74, 6) is -3.52. The molecule has 1 atom stereocenters. The van der Waals surface area contributed by atoms with E-state index in [1.54, 1.807) is 0 Å². The maximum atomic E-state index is 13.6. The molecule has 0 saturated carbocycles. The number of rotatable bonds is 3. The van der Waals surface area contributed by atoms with Crippen molar-refractivity contribution in [2.75, 3.05) is 12.1 Å². The van der Waals surface area contributed by atoms with Gasteiger partial charge in [0.15, 0.2) is 11.5 Å². The Labute approximate surface area is 182 Å². The van der Waals surface area contributed by atoms with Crippen LogP contribution < -0.4 is 9.75 Å². The molecule has 1 amide bonds. The molecule has 1 unspecified atom stereocenters. The van der Waals surface area contributed by atoms with Crippen LogP contribution in [0, 0.1) is 5.92 Å². The van der Waals surface area contributed by atoms with E-state index in [4.69, 9.17) is 4.74 Å². The van der Waals surface area contributed by atoms with E-state index < -0.39 is 47.2 Å². The van der Waals surface area contributed by atoms with Crippen molar-refractivity contribution in [1.29, 1.82) is 0 Å². The number of amides is 1. The lowest BCUT2D eigenvalue weighted by atomic mass is 9.91. The molecule has 0 bridgehead atoms. The first kappa shape index (κ1) is 22.4. The third-order valence-electron chi connectivity index (χ3n) is 4.87. The molecule has 0 N–H and O–H groups in total. The summed E-state index contributed by atoms with van der Waals surface area (Å²) < 4.78 is 86.1. The number of dihydropyridines is 1. The van der Waals surface area contributed by atoms with Gasteiger partial charge >= 0.3 is 12.4 Å². The second-order valence-corrected chi connectivity index (χ2v) is 7.06. The lowest BCUT2D eigenvalue weighted by molar-refractivity contribution is -0.141. The van der Waals surface area contributed by atoms with Crippen molar-refractivity contribution in [2.45, 2.75) is 19.3 Å². The van der Waals surface area contributed by atoms with Crippen LogP contribution >= 0.6 is 0 Å². The molecule has 33 heavy (non-hydrogen) atoms. The lowest BCUT2D eigenvalue weighted by Gasteiger charge is -2.23. The average molecular weight is 469 g/mol. The highest BCUT2D eigenvalue weighted by molar-refractivity contribution is 6.23. The van der Waals surface area contributed by atoms with Crippen LogP contribution in [0.5, 0.6) is 5.75 Å². The van der Waals surface area contributed by atoms with E-state index in [0.717, 1.165) is 0 Å². The van der Waals surface area contributed by atoms with E-state index in [9.17, 15) is 31.1 Å². The third kappa shape index (κ3) is 4.17. The van der Waals surface area contributed by atoms with E-state index in [1.165, 1.54) is 38.3 Å². The van der Waals surface area contributed by atoms with E-state index in [0.29, 0.717) is 22.9 Å². The number of ether oxygens (including phenoxy) is 1. The smallest absolute Gasteiger partial charge is 0.433 e. The molecule has 172 valence electrons. The molecule has 4 rings (SSSR count). The quantitative estimate of drug-likeness (QED) is 0.623. The number of anilines is 1. The number of alkyl halides is 6. The highest BCUT2D eigenvalue weighted by Crippen LogP contribution is 2.40. The third-order valence-corrected chi connectivity index (χ3v) is 4.87. The molecule has 0 saturated heterocycles. The number of hydrogen-bond donors (Lipinski definition) is 0. The van der Waals surface area contributed by atoms with Gasteiger partial charge in [0.2, 0.25) is 0 Å².